The zero-order chi connectivity index (χ0) is 16.4. The topological polar surface area (TPSA) is 73.1 Å². The van der Waals surface area contributed by atoms with E-state index in [2.05, 4.69) is 19.7 Å². The summed E-state index contributed by atoms with van der Waals surface area (Å²) in [6.07, 6.45) is 2.40. The third-order valence-electron chi connectivity index (χ3n) is 4.14. The summed E-state index contributed by atoms with van der Waals surface area (Å²) in [6, 6.07) is 3.74. The molecule has 0 N–H and O–H groups in total. The van der Waals surface area contributed by atoms with Crippen molar-refractivity contribution in [3.05, 3.63) is 41.2 Å². The lowest BCUT2D eigenvalue weighted by Crippen LogP contribution is -2.40. The van der Waals surface area contributed by atoms with Gasteiger partial charge in [-0.05, 0) is 25.5 Å². The van der Waals surface area contributed by atoms with Crippen LogP contribution in [-0.4, -0.2) is 50.3 Å². The lowest BCUT2D eigenvalue weighted by atomic mass is 10.2. The smallest absolute Gasteiger partial charge is 0.272 e. The summed E-state index contributed by atoms with van der Waals surface area (Å²) in [5.41, 5.74) is 1.53. The van der Waals surface area contributed by atoms with Gasteiger partial charge in [0, 0.05) is 38.9 Å². The fraction of sp³-hybridized carbons (Fsp3) is 0.500. The first-order chi connectivity index (χ1) is 11.1. The van der Waals surface area contributed by atoms with Gasteiger partial charge >= 0.3 is 0 Å². The Balaban J connectivity index is 1.81. The van der Waals surface area contributed by atoms with E-state index >= 15 is 0 Å². The predicted molar refractivity (Wildman–Crippen MR) is 83.9 cm³/mol. The van der Waals surface area contributed by atoms with Crippen LogP contribution in [0.15, 0.2) is 18.3 Å². The van der Waals surface area contributed by atoms with Crippen molar-refractivity contribution in [1.29, 1.82) is 0 Å². The molecule has 23 heavy (non-hydrogen) atoms. The molecule has 0 bridgehead atoms. The highest BCUT2D eigenvalue weighted by Crippen LogP contribution is 2.17. The van der Waals surface area contributed by atoms with Gasteiger partial charge in [-0.25, -0.2) is 0 Å². The summed E-state index contributed by atoms with van der Waals surface area (Å²) in [5.74, 6) is 1.67. The van der Waals surface area contributed by atoms with E-state index < -0.39 is 0 Å². The van der Waals surface area contributed by atoms with Gasteiger partial charge in [-0.2, -0.15) is 0 Å². The van der Waals surface area contributed by atoms with Crippen LogP contribution >= 0.6 is 0 Å². The zero-order valence-electron chi connectivity index (χ0n) is 13.7. The molecule has 3 rings (SSSR count). The minimum atomic E-state index is -0.0375. The Kier molecular flexibility index (Phi) is 4.38. The molecule has 0 aliphatic carbocycles. The van der Waals surface area contributed by atoms with Crippen LogP contribution < -0.4 is 0 Å². The van der Waals surface area contributed by atoms with E-state index in [4.69, 9.17) is 4.74 Å². The first-order valence-corrected chi connectivity index (χ1v) is 7.73. The Labute approximate surface area is 135 Å². The largest absolute Gasteiger partial charge is 0.377 e. The van der Waals surface area contributed by atoms with E-state index in [0.717, 1.165) is 17.2 Å². The van der Waals surface area contributed by atoms with Crippen LogP contribution in [-0.2, 0) is 24.3 Å². The average Bonchev–Trinajstić information content (AvgIpc) is 2.82. The number of methoxy groups -OCH3 is 1. The molecule has 7 heteroatoms. The molecule has 0 saturated carbocycles. The van der Waals surface area contributed by atoms with Crippen LogP contribution in [0.25, 0.3) is 0 Å². The van der Waals surface area contributed by atoms with E-state index in [1.54, 1.807) is 19.4 Å². The van der Waals surface area contributed by atoms with Crippen LogP contribution in [0.1, 0.15) is 34.6 Å². The predicted octanol–water partition coefficient (Wildman–Crippen LogP) is 1.21. The van der Waals surface area contributed by atoms with Crippen LogP contribution in [0, 0.1) is 6.92 Å². The maximum absolute atomic E-state index is 12.8. The Morgan fingerprint density at radius 2 is 2.17 bits per heavy atom. The molecule has 3 heterocycles. The number of fused-ring (bicyclic) bond motifs is 1. The number of pyridine rings is 1. The molecule has 0 spiro atoms. The Hall–Kier alpha value is -2.28. The van der Waals surface area contributed by atoms with Crippen molar-refractivity contribution >= 4 is 5.91 Å². The summed E-state index contributed by atoms with van der Waals surface area (Å²) in [6.45, 7) is 5.70. The summed E-state index contributed by atoms with van der Waals surface area (Å²) in [5, 5.41) is 8.42. The van der Waals surface area contributed by atoms with Gasteiger partial charge < -0.3 is 14.2 Å². The lowest BCUT2D eigenvalue weighted by molar-refractivity contribution is 0.0689. The maximum Gasteiger partial charge on any atom is 0.272 e. The van der Waals surface area contributed by atoms with E-state index in [1.807, 2.05) is 24.8 Å². The van der Waals surface area contributed by atoms with Crippen molar-refractivity contribution < 1.29 is 9.53 Å². The van der Waals surface area contributed by atoms with Crippen LogP contribution in [0.4, 0.5) is 0 Å². The molecule has 2 aromatic rings. The molecular weight excluding hydrogens is 294 g/mol. The number of aryl methyl sites for hydroxylation is 1. The second kappa shape index (κ2) is 6.45. The molecule has 1 aliphatic rings. The number of hydrogen-bond acceptors (Lipinski definition) is 5. The van der Waals surface area contributed by atoms with Gasteiger partial charge in [0.05, 0.1) is 0 Å². The van der Waals surface area contributed by atoms with E-state index in [9.17, 15) is 4.79 Å². The van der Waals surface area contributed by atoms with Crippen molar-refractivity contribution in [3.63, 3.8) is 0 Å². The molecule has 1 atom stereocenters. The molecule has 7 nitrogen and oxygen atoms in total. The molecule has 0 fully saturated rings. The number of nitrogens with zero attached hydrogens (tertiary/aromatic N) is 5. The Morgan fingerprint density at radius 3 is 2.87 bits per heavy atom. The van der Waals surface area contributed by atoms with Crippen molar-refractivity contribution in [1.82, 2.24) is 24.6 Å². The van der Waals surface area contributed by atoms with Crippen molar-refractivity contribution in [2.45, 2.75) is 39.5 Å². The third-order valence-corrected chi connectivity index (χ3v) is 4.14. The monoisotopic (exact) mass is 315 g/mol. The molecule has 1 unspecified atom stereocenters. The Morgan fingerprint density at radius 1 is 1.35 bits per heavy atom. The summed E-state index contributed by atoms with van der Waals surface area (Å²) >= 11 is 0. The summed E-state index contributed by atoms with van der Waals surface area (Å²) in [4.78, 5) is 18.9. The fourth-order valence-corrected chi connectivity index (χ4v) is 2.86. The van der Waals surface area contributed by atoms with Gasteiger partial charge in [-0.1, -0.05) is 6.07 Å². The van der Waals surface area contributed by atoms with Gasteiger partial charge in [0.1, 0.15) is 18.1 Å². The fourth-order valence-electron chi connectivity index (χ4n) is 2.86. The Bertz CT molecular complexity index is 695. The number of aromatic nitrogens is 4. The van der Waals surface area contributed by atoms with E-state index in [0.29, 0.717) is 31.8 Å². The summed E-state index contributed by atoms with van der Waals surface area (Å²) in [7, 11) is 1.64. The van der Waals surface area contributed by atoms with Gasteiger partial charge in [-0.3, -0.25) is 9.78 Å². The van der Waals surface area contributed by atoms with Crippen molar-refractivity contribution in [2.75, 3.05) is 13.7 Å². The number of hydrogen-bond donors (Lipinski definition) is 0. The normalized spacial score (nSPS) is 17.7. The van der Waals surface area contributed by atoms with Gasteiger partial charge in [-0.15, -0.1) is 10.2 Å². The second-order valence-electron chi connectivity index (χ2n) is 5.89. The molecule has 0 saturated heterocycles. The minimum absolute atomic E-state index is 0.0375. The van der Waals surface area contributed by atoms with E-state index in [1.165, 1.54) is 0 Å². The van der Waals surface area contributed by atoms with Gasteiger partial charge in [0.15, 0.2) is 5.82 Å². The molecule has 2 aromatic heterocycles. The maximum atomic E-state index is 12.8. The van der Waals surface area contributed by atoms with E-state index in [-0.39, 0.29) is 11.9 Å². The molecule has 1 aliphatic heterocycles. The number of rotatable bonds is 3. The first kappa shape index (κ1) is 15.6. The van der Waals surface area contributed by atoms with Crippen LogP contribution in [0.5, 0.6) is 0 Å². The molecule has 0 aromatic carbocycles. The quantitative estimate of drug-likeness (QED) is 0.851. The molecule has 0 radical (unpaired) electrons. The SMILES string of the molecule is COCc1nnc2n1CCN(C(=O)c1ccc(C)cn1)C(C)C2. The first-order valence-electron chi connectivity index (χ1n) is 7.73. The summed E-state index contributed by atoms with van der Waals surface area (Å²) < 4.78 is 7.21. The number of carbonyl (C=O) groups is 1. The highest BCUT2D eigenvalue weighted by molar-refractivity contribution is 5.92. The highest BCUT2D eigenvalue weighted by Gasteiger charge is 2.28. The third kappa shape index (κ3) is 3.10. The molecule has 1 amide bonds. The lowest BCUT2D eigenvalue weighted by Gasteiger charge is -2.26. The number of amides is 1. The highest BCUT2D eigenvalue weighted by atomic mass is 16.5. The standard InChI is InChI=1S/C16H21N5O2/c1-11-4-5-13(17-9-11)16(22)20-6-7-21-14(8-12(20)2)18-19-15(21)10-23-3/h4-5,9,12H,6-8,10H2,1-3H3. The average molecular weight is 315 g/mol. The van der Waals surface area contributed by atoms with Gasteiger partial charge in [0.25, 0.3) is 5.91 Å². The number of ether oxygens (including phenoxy) is 1. The van der Waals surface area contributed by atoms with Gasteiger partial charge in [0.2, 0.25) is 0 Å². The second-order valence-corrected chi connectivity index (χ2v) is 5.89. The number of carbonyl (C=O) groups excluding carboxylic acids is 1. The molecule has 122 valence electrons. The minimum Gasteiger partial charge on any atom is -0.377 e. The van der Waals surface area contributed by atoms with Crippen molar-refractivity contribution in [3.8, 4) is 0 Å². The van der Waals surface area contributed by atoms with Crippen LogP contribution in [0.2, 0.25) is 0 Å². The zero-order valence-corrected chi connectivity index (χ0v) is 13.7. The van der Waals surface area contributed by atoms with Crippen LogP contribution in [0.3, 0.4) is 0 Å². The van der Waals surface area contributed by atoms with Crippen molar-refractivity contribution in [2.24, 2.45) is 0 Å². The molecular formula is C16H21N5O2.